The average Bonchev–Trinajstić information content (AvgIpc) is 2.47. The van der Waals surface area contributed by atoms with Crippen LogP contribution in [0.1, 0.15) is 17.7 Å². The van der Waals surface area contributed by atoms with Crippen molar-refractivity contribution in [2.75, 3.05) is 6.54 Å². The number of aliphatic carboxylic acids is 1. The van der Waals surface area contributed by atoms with Crippen molar-refractivity contribution >= 4 is 5.97 Å². The minimum absolute atomic E-state index is 0.139. The van der Waals surface area contributed by atoms with Crippen LogP contribution in [0.25, 0.3) is 0 Å². The van der Waals surface area contributed by atoms with Crippen molar-refractivity contribution < 1.29 is 9.90 Å². The Kier molecular flexibility index (Phi) is 5.26. The van der Waals surface area contributed by atoms with E-state index in [0.717, 1.165) is 12.2 Å². The zero-order valence-electron chi connectivity index (χ0n) is 11.3. The lowest BCUT2D eigenvalue weighted by molar-refractivity contribution is -0.137. The van der Waals surface area contributed by atoms with E-state index in [2.05, 4.69) is 9.88 Å². The molecule has 0 aliphatic carbocycles. The van der Waals surface area contributed by atoms with Gasteiger partial charge in [-0.25, -0.2) is 0 Å². The molecule has 1 heterocycles. The zero-order valence-corrected chi connectivity index (χ0v) is 11.3. The smallest absolute Gasteiger partial charge is 0.304 e. The molecule has 0 saturated heterocycles. The van der Waals surface area contributed by atoms with Gasteiger partial charge in [0.2, 0.25) is 0 Å². The molecule has 0 spiro atoms. The maximum absolute atomic E-state index is 10.8. The fourth-order valence-corrected chi connectivity index (χ4v) is 2.03. The number of rotatable bonds is 7. The number of pyridine rings is 1. The van der Waals surface area contributed by atoms with E-state index in [-0.39, 0.29) is 6.42 Å². The van der Waals surface area contributed by atoms with Crippen molar-refractivity contribution in [3.05, 3.63) is 66.0 Å². The summed E-state index contributed by atoms with van der Waals surface area (Å²) >= 11 is 0. The lowest BCUT2D eigenvalue weighted by Crippen LogP contribution is -2.26. The molecule has 0 unspecified atom stereocenters. The lowest BCUT2D eigenvalue weighted by atomic mass is 10.2. The van der Waals surface area contributed by atoms with Gasteiger partial charge in [-0.05, 0) is 17.7 Å². The van der Waals surface area contributed by atoms with E-state index >= 15 is 0 Å². The standard InChI is InChI=1S/C16H18N2O2/c19-16(20)9-11-18(12-14-6-2-1-3-7-14)13-15-8-4-5-10-17-15/h1-8,10H,9,11-13H2,(H,19,20). The molecule has 2 aromatic rings. The van der Waals surface area contributed by atoms with Gasteiger partial charge in [-0.3, -0.25) is 14.7 Å². The van der Waals surface area contributed by atoms with Crippen LogP contribution in [0.15, 0.2) is 54.7 Å². The Morgan fingerprint density at radius 2 is 1.80 bits per heavy atom. The number of hydrogen-bond acceptors (Lipinski definition) is 3. The summed E-state index contributed by atoms with van der Waals surface area (Å²) in [6.07, 6.45) is 1.90. The first-order valence-corrected chi connectivity index (χ1v) is 6.62. The highest BCUT2D eigenvalue weighted by atomic mass is 16.4. The molecular formula is C16H18N2O2. The van der Waals surface area contributed by atoms with Gasteiger partial charge in [0.15, 0.2) is 0 Å². The Labute approximate surface area is 118 Å². The van der Waals surface area contributed by atoms with Crippen molar-refractivity contribution in [3.63, 3.8) is 0 Å². The SMILES string of the molecule is O=C(O)CCN(Cc1ccccc1)Cc1ccccn1. The first-order chi connectivity index (χ1) is 9.74. The number of carboxylic acids is 1. The Bertz CT molecular complexity index is 487. The summed E-state index contributed by atoms with van der Waals surface area (Å²) in [7, 11) is 0. The van der Waals surface area contributed by atoms with Gasteiger partial charge in [0, 0.05) is 25.8 Å². The van der Waals surface area contributed by atoms with Crippen LogP contribution in [0.4, 0.5) is 0 Å². The van der Waals surface area contributed by atoms with Crippen molar-refractivity contribution in [1.29, 1.82) is 0 Å². The normalized spacial score (nSPS) is 10.7. The molecule has 0 atom stereocenters. The molecule has 2 rings (SSSR count). The van der Waals surface area contributed by atoms with Gasteiger partial charge in [0.1, 0.15) is 0 Å². The monoisotopic (exact) mass is 270 g/mol. The number of carbonyl (C=O) groups is 1. The fourth-order valence-electron chi connectivity index (χ4n) is 2.03. The molecule has 0 amide bonds. The van der Waals surface area contributed by atoms with Crippen LogP contribution < -0.4 is 0 Å². The Morgan fingerprint density at radius 3 is 2.45 bits per heavy atom. The van der Waals surface area contributed by atoms with Crippen LogP contribution in [-0.4, -0.2) is 27.5 Å². The van der Waals surface area contributed by atoms with E-state index in [9.17, 15) is 4.79 Å². The van der Waals surface area contributed by atoms with Gasteiger partial charge in [-0.2, -0.15) is 0 Å². The summed E-state index contributed by atoms with van der Waals surface area (Å²) in [5.41, 5.74) is 2.13. The third-order valence-electron chi connectivity index (χ3n) is 3.00. The molecule has 1 aromatic carbocycles. The van der Waals surface area contributed by atoms with E-state index in [1.807, 2.05) is 48.5 Å². The first kappa shape index (κ1) is 14.2. The molecule has 0 radical (unpaired) electrons. The molecule has 1 N–H and O–H groups in total. The summed E-state index contributed by atoms with van der Waals surface area (Å²) in [5.74, 6) is -0.774. The lowest BCUT2D eigenvalue weighted by Gasteiger charge is -2.21. The van der Waals surface area contributed by atoms with Crippen LogP contribution in [0.2, 0.25) is 0 Å². The van der Waals surface area contributed by atoms with Crippen molar-refractivity contribution in [3.8, 4) is 0 Å². The van der Waals surface area contributed by atoms with Crippen LogP contribution in [0.3, 0.4) is 0 Å². The second-order valence-electron chi connectivity index (χ2n) is 4.66. The van der Waals surface area contributed by atoms with Gasteiger partial charge in [0.25, 0.3) is 0 Å². The third-order valence-corrected chi connectivity index (χ3v) is 3.00. The number of nitrogens with zero attached hydrogens (tertiary/aromatic N) is 2. The maximum atomic E-state index is 10.8. The quantitative estimate of drug-likeness (QED) is 0.840. The van der Waals surface area contributed by atoms with Gasteiger partial charge in [0.05, 0.1) is 12.1 Å². The van der Waals surface area contributed by atoms with Crippen LogP contribution in [0.5, 0.6) is 0 Å². The topological polar surface area (TPSA) is 53.4 Å². The summed E-state index contributed by atoms with van der Waals surface area (Å²) in [4.78, 5) is 17.2. The first-order valence-electron chi connectivity index (χ1n) is 6.62. The fraction of sp³-hybridized carbons (Fsp3) is 0.250. The molecule has 1 aromatic heterocycles. The molecule has 0 saturated carbocycles. The second-order valence-corrected chi connectivity index (χ2v) is 4.66. The van der Waals surface area contributed by atoms with E-state index in [4.69, 9.17) is 5.11 Å². The van der Waals surface area contributed by atoms with Crippen molar-refractivity contribution in [2.45, 2.75) is 19.5 Å². The average molecular weight is 270 g/mol. The molecule has 0 bridgehead atoms. The number of benzene rings is 1. The molecule has 4 heteroatoms. The second kappa shape index (κ2) is 7.40. The molecule has 104 valence electrons. The number of hydrogen-bond donors (Lipinski definition) is 1. The van der Waals surface area contributed by atoms with E-state index in [1.165, 1.54) is 5.56 Å². The molecule has 0 aliphatic rings. The molecule has 0 aliphatic heterocycles. The van der Waals surface area contributed by atoms with Crippen molar-refractivity contribution in [1.82, 2.24) is 9.88 Å². The van der Waals surface area contributed by atoms with E-state index in [1.54, 1.807) is 6.20 Å². The predicted octanol–water partition coefficient (Wildman–Crippen LogP) is 2.56. The number of carboxylic acid groups (broad SMARTS) is 1. The highest BCUT2D eigenvalue weighted by Crippen LogP contribution is 2.09. The summed E-state index contributed by atoms with van der Waals surface area (Å²) in [6, 6.07) is 15.8. The van der Waals surface area contributed by atoms with E-state index < -0.39 is 5.97 Å². The van der Waals surface area contributed by atoms with E-state index in [0.29, 0.717) is 13.1 Å². The van der Waals surface area contributed by atoms with Crippen LogP contribution >= 0.6 is 0 Å². The summed E-state index contributed by atoms with van der Waals surface area (Å²) in [6.45, 7) is 1.90. The van der Waals surface area contributed by atoms with Crippen molar-refractivity contribution in [2.24, 2.45) is 0 Å². The maximum Gasteiger partial charge on any atom is 0.304 e. The van der Waals surface area contributed by atoms with Gasteiger partial charge < -0.3 is 5.11 Å². The molecule has 20 heavy (non-hydrogen) atoms. The highest BCUT2D eigenvalue weighted by Gasteiger charge is 2.09. The molecule has 4 nitrogen and oxygen atoms in total. The summed E-state index contributed by atoms with van der Waals surface area (Å²) < 4.78 is 0. The Hall–Kier alpha value is -2.20. The molecular weight excluding hydrogens is 252 g/mol. The zero-order chi connectivity index (χ0) is 14.2. The minimum Gasteiger partial charge on any atom is -0.481 e. The largest absolute Gasteiger partial charge is 0.481 e. The molecule has 0 fully saturated rings. The van der Waals surface area contributed by atoms with Crippen LogP contribution in [-0.2, 0) is 17.9 Å². The Morgan fingerprint density at radius 1 is 1.05 bits per heavy atom. The van der Waals surface area contributed by atoms with Crippen LogP contribution in [0, 0.1) is 0 Å². The minimum atomic E-state index is -0.774. The third kappa shape index (κ3) is 4.82. The van der Waals surface area contributed by atoms with Gasteiger partial charge >= 0.3 is 5.97 Å². The highest BCUT2D eigenvalue weighted by molar-refractivity contribution is 5.66. The Balaban J connectivity index is 2.02. The van der Waals surface area contributed by atoms with Gasteiger partial charge in [-0.1, -0.05) is 36.4 Å². The van der Waals surface area contributed by atoms with Gasteiger partial charge in [-0.15, -0.1) is 0 Å². The predicted molar refractivity (Wildman–Crippen MR) is 77.0 cm³/mol. The summed E-state index contributed by atoms with van der Waals surface area (Å²) in [5, 5.41) is 8.85. The number of aromatic nitrogens is 1.